The summed E-state index contributed by atoms with van der Waals surface area (Å²) in [4.78, 5) is 0.250. The predicted molar refractivity (Wildman–Crippen MR) is 94.8 cm³/mol. The number of rotatable bonds is 4. The normalized spacial score (nSPS) is 22.5. The van der Waals surface area contributed by atoms with Crippen LogP contribution in [0.15, 0.2) is 17.0 Å². The number of hydrogen-bond acceptors (Lipinski definition) is 4. The number of piperidine rings is 1. The predicted octanol–water partition coefficient (Wildman–Crippen LogP) is 2.48. The number of nitrogens with two attached hydrogens (primary N) is 1. The molecule has 2 unspecified atom stereocenters. The zero-order valence-electron chi connectivity index (χ0n) is 14.2. The van der Waals surface area contributed by atoms with Gasteiger partial charge in [-0.15, -0.1) is 12.4 Å². The van der Waals surface area contributed by atoms with Crippen molar-refractivity contribution < 1.29 is 13.2 Å². The van der Waals surface area contributed by atoms with Gasteiger partial charge < -0.3 is 10.5 Å². The van der Waals surface area contributed by atoms with Crippen LogP contribution in [0, 0.1) is 19.8 Å². The van der Waals surface area contributed by atoms with Crippen molar-refractivity contribution in [3.05, 3.63) is 23.3 Å². The Bertz CT molecular complexity index is 649. The average Bonchev–Trinajstić information content (AvgIpc) is 2.46. The number of aryl methyl sites for hydroxylation is 2. The molecule has 1 aliphatic rings. The largest absolute Gasteiger partial charge is 0.495 e. The number of hydrogen-bond donors (Lipinski definition) is 1. The first-order valence-corrected chi connectivity index (χ1v) is 9.14. The maximum absolute atomic E-state index is 13.2. The highest BCUT2D eigenvalue weighted by Gasteiger charge is 2.38. The molecular formula is C16H27ClN2O3S. The summed E-state index contributed by atoms with van der Waals surface area (Å²) < 4.78 is 33.3. The number of ether oxygens (including phenoxy) is 1. The number of halogens is 1. The maximum atomic E-state index is 13.2. The molecule has 7 heteroatoms. The zero-order chi connectivity index (χ0) is 16.5. The molecule has 0 saturated carbocycles. The highest BCUT2D eigenvalue weighted by atomic mass is 35.5. The second kappa shape index (κ2) is 7.83. The molecule has 0 radical (unpaired) electrons. The fraction of sp³-hybridized carbons (Fsp3) is 0.625. The Labute approximate surface area is 145 Å². The van der Waals surface area contributed by atoms with Gasteiger partial charge in [0.05, 0.1) is 7.11 Å². The molecule has 0 aromatic heterocycles. The van der Waals surface area contributed by atoms with Crippen molar-refractivity contribution in [2.75, 3.05) is 20.2 Å². The topological polar surface area (TPSA) is 72.6 Å². The van der Waals surface area contributed by atoms with Crippen LogP contribution in [0.3, 0.4) is 0 Å². The van der Waals surface area contributed by atoms with Crippen molar-refractivity contribution in [1.29, 1.82) is 0 Å². The number of nitrogens with zero attached hydrogens (tertiary/aromatic N) is 1. The smallest absolute Gasteiger partial charge is 0.247 e. The lowest BCUT2D eigenvalue weighted by Gasteiger charge is -2.38. The van der Waals surface area contributed by atoms with E-state index in [1.54, 1.807) is 10.4 Å². The standard InChI is InChI=1S/C16H26N2O3S.ClH/c1-11-8-13(3)16(21-4)15(9-11)22(19,20)18-7-5-6-12(2)14(18)10-17;/h8-9,12,14H,5-7,10,17H2,1-4H3;1H. The lowest BCUT2D eigenvalue weighted by Crippen LogP contribution is -2.51. The van der Waals surface area contributed by atoms with Crippen molar-refractivity contribution in [2.45, 2.75) is 44.6 Å². The summed E-state index contributed by atoms with van der Waals surface area (Å²) in [7, 11) is -2.11. The molecule has 0 bridgehead atoms. The van der Waals surface area contributed by atoms with Gasteiger partial charge in [0.1, 0.15) is 10.6 Å². The molecule has 1 fully saturated rings. The van der Waals surface area contributed by atoms with Gasteiger partial charge in [0.25, 0.3) is 0 Å². The van der Waals surface area contributed by atoms with E-state index in [0.717, 1.165) is 24.0 Å². The second-order valence-corrected chi connectivity index (χ2v) is 8.01. The van der Waals surface area contributed by atoms with Crippen LogP contribution in [0.25, 0.3) is 0 Å². The van der Waals surface area contributed by atoms with Gasteiger partial charge in [0.15, 0.2) is 0 Å². The third kappa shape index (κ3) is 3.82. The Morgan fingerprint density at radius 2 is 2.00 bits per heavy atom. The van der Waals surface area contributed by atoms with Crippen LogP contribution in [0.1, 0.15) is 30.9 Å². The summed E-state index contributed by atoms with van der Waals surface area (Å²) in [5.41, 5.74) is 7.59. The van der Waals surface area contributed by atoms with Crippen molar-refractivity contribution in [2.24, 2.45) is 11.7 Å². The van der Waals surface area contributed by atoms with Gasteiger partial charge in [-0.1, -0.05) is 13.0 Å². The molecule has 2 atom stereocenters. The molecule has 0 spiro atoms. The lowest BCUT2D eigenvalue weighted by molar-refractivity contribution is 0.192. The van der Waals surface area contributed by atoms with Gasteiger partial charge in [0.2, 0.25) is 10.0 Å². The van der Waals surface area contributed by atoms with Crippen LogP contribution in [0.4, 0.5) is 0 Å². The van der Waals surface area contributed by atoms with E-state index in [9.17, 15) is 8.42 Å². The summed E-state index contributed by atoms with van der Waals surface area (Å²) >= 11 is 0. The minimum absolute atomic E-state index is 0. The molecule has 1 saturated heterocycles. The molecule has 0 aliphatic carbocycles. The number of sulfonamides is 1. The summed E-state index contributed by atoms with van der Waals surface area (Å²) in [6.07, 6.45) is 1.88. The van der Waals surface area contributed by atoms with E-state index in [1.165, 1.54) is 7.11 Å². The molecule has 5 nitrogen and oxygen atoms in total. The van der Waals surface area contributed by atoms with E-state index < -0.39 is 10.0 Å². The van der Waals surface area contributed by atoms with Crippen LogP contribution < -0.4 is 10.5 Å². The molecule has 0 amide bonds. The fourth-order valence-corrected chi connectivity index (χ4v) is 5.44. The molecule has 1 aromatic rings. The number of benzene rings is 1. The minimum atomic E-state index is -3.62. The average molecular weight is 363 g/mol. The Hall–Kier alpha value is -0.820. The van der Waals surface area contributed by atoms with Crippen LogP contribution in [-0.2, 0) is 10.0 Å². The van der Waals surface area contributed by atoms with Crippen LogP contribution in [-0.4, -0.2) is 39.0 Å². The first-order valence-electron chi connectivity index (χ1n) is 7.70. The number of methoxy groups -OCH3 is 1. The molecule has 2 N–H and O–H groups in total. The van der Waals surface area contributed by atoms with E-state index in [2.05, 4.69) is 6.92 Å². The maximum Gasteiger partial charge on any atom is 0.247 e. The molecule has 23 heavy (non-hydrogen) atoms. The van der Waals surface area contributed by atoms with Gasteiger partial charge in [-0.05, 0) is 49.8 Å². The van der Waals surface area contributed by atoms with Crippen molar-refractivity contribution in [3.63, 3.8) is 0 Å². The van der Waals surface area contributed by atoms with Gasteiger partial charge in [-0.25, -0.2) is 8.42 Å². The Kier molecular flexibility index (Phi) is 6.89. The SMILES string of the molecule is COc1c(C)cc(C)cc1S(=O)(=O)N1CCCC(C)C1CN.Cl. The second-order valence-electron chi connectivity index (χ2n) is 6.15. The summed E-state index contributed by atoms with van der Waals surface area (Å²) in [6, 6.07) is 3.47. The van der Waals surface area contributed by atoms with E-state index >= 15 is 0 Å². The van der Waals surface area contributed by atoms with Gasteiger partial charge in [0, 0.05) is 19.1 Å². The highest BCUT2D eigenvalue weighted by Crippen LogP contribution is 2.35. The van der Waals surface area contributed by atoms with Gasteiger partial charge in [-0.3, -0.25) is 0 Å². The van der Waals surface area contributed by atoms with Crippen molar-refractivity contribution in [3.8, 4) is 5.75 Å². The highest BCUT2D eigenvalue weighted by molar-refractivity contribution is 7.89. The van der Waals surface area contributed by atoms with Gasteiger partial charge in [-0.2, -0.15) is 4.31 Å². The van der Waals surface area contributed by atoms with E-state index in [4.69, 9.17) is 10.5 Å². The molecule has 1 aromatic carbocycles. The summed E-state index contributed by atoms with van der Waals surface area (Å²) in [6.45, 7) is 6.69. The molecule has 1 aliphatic heterocycles. The van der Waals surface area contributed by atoms with Crippen LogP contribution in [0.2, 0.25) is 0 Å². The Morgan fingerprint density at radius 1 is 1.35 bits per heavy atom. The van der Waals surface area contributed by atoms with E-state index in [1.807, 2.05) is 19.9 Å². The third-order valence-corrected chi connectivity index (χ3v) is 6.41. The van der Waals surface area contributed by atoms with Crippen LogP contribution >= 0.6 is 12.4 Å². The lowest BCUT2D eigenvalue weighted by atomic mass is 9.93. The first kappa shape index (κ1) is 20.2. The van der Waals surface area contributed by atoms with E-state index in [0.29, 0.717) is 18.8 Å². The Morgan fingerprint density at radius 3 is 2.57 bits per heavy atom. The summed E-state index contributed by atoms with van der Waals surface area (Å²) in [5, 5.41) is 0. The van der Waals surface area contributed by atoms with Crippen molar-refractivity contribution >= 4 is 22.4 Å². The molecule has 132 valence electrons. The molecule has 2 rings (SSSR count). The van der Waals surface area contributed by atoms with Crippen molar-refractivity contribution in [1.82, 2.24) is 4.31 Å². The van der Waals surface area contributed by atoms with Crippen LogP contribution in [0.5, 0.6) is 5.75 Å². The quantitative estimate of drug-likeness (QED) is 0.893. The zero-order valence-corrected chi connectivity index (χ0v) is 15.8. The Balaban J connectivity index is 0.00000264. The monoisotopic (exact) mass is 362 g/mol. The first-order chi connectivity index (χ1) is 10.3. The minimum Gasteiger partial charge on any atom is -0.495 e. The van der Waals surface area contributed by atoms with Gasteiger partial charge >= 0.3 is 0 Å². The third-order valence-electron chi connectivity index (χ3n) is 4.48. The van der Waals surface area contributed by atoms with E-state index in [-0.39, 0.29) is 29.3 Å². The molecular weight excluding hydrogens is 336 g/mol. The fourth-order valence-electron chi connectivity index (χ4n) is 3.35. The molecule has 1 heterocycles. The summed E-state index contributed by atoms with van der Waals surface area (Å²) in [5.74, 6) is 0.699.